The number of nitrogens with one attached hydrogen (secondary N) is 3. The third-order valence-corrected chi connectivity index (χ3v) is 4.79. The van der Waals surface area contributed by atoms with Crippen molar-refractivity contribution in [3.05, 3.63) is 84.3 Å². The lowest BCUT2D eigenvalue weighted by Gasteiger charge is -2.11. The topological polar surface area (TPSA) is 106 Å². The zero-order valence-electron chi connectivity index (χ0n) is 18.4. The molecule has 2 aromatic carbocycles. The Morgan fingerprint density at radius 3 is 2.64 bits per heavy atom. The van der Waals surface area contributed by atoms with Crippen LogP contribution < -0.4 is 20.7 Å². The number of amides is 1. The molecule has 0 aliphatic heterocycles. The molecule has 0 spiro atoms. The van der Waals surface area contributed by atoms with Crippen molar-refractivity contribution in [2.24, 2.45) is 0 Å². The molecule has 0 fully saturated rings. The van der Waals surface area contributed by atoms with Gasteiger partial charge in [-0.1, -0.05) is 6.07 Å². The highest BCUT2D eigenvalue weighted by Gasteiger charge is 2.08. The zero-order chi connectivity index (χ0) is 23.0. The van der Waals surface area contributed by atoms with Crippen LogP contribution in [0.5, 0.6) is 5.75 Å². The predicted molar refractivity (Wildman–Crippen MR) is 127 cm³/mol. The number of carbonyl (C=O) groups is 1. The maximum absolute atomic E-state index is 12.5. The van der Waals surface area contributed by atoms with Gasteiger partial charge in [-0.25, -0.2) is 9.67 Å². The summed E-state index contributed by atoms with van der Waals surface area (Å²) in [6, 6.07) is 18.6. The summed E-state index contributed by atoms with van der Waals surface area (Å²) < 4.78 is 6.90. The number of benzene rings is 2. The average Bonchev–Trinajstić information content (AvgIpc) is 3.37. The first-order valence-corrected chi connectivity index (χ1v) is 10.5. The third-order valence-electron chi connectivity index (χ3n) is 4.79. The van der Waals surface area contributed by atoms with Crippen LogP contribution in [-0.2, 0) is 0 Å². The van der Waals surface area contributed by atoms with E-state index in [2.05, 4.69) is 31.0 Å². The number of aryl methyl sites for hydroxylation is 1. The smallest absolute Gasteiger partial charge is 0.251 e. The van der Waals surface area contributed by atoms with E-state index in [1.54, 1.807) is 30.1 Å². The first-order valence-electron chi connectivity index (χ1n) is 10.5. The van der Waals surface area contributed by atoms with Gasteiger partial charge in [-0.15, -0.1) is 0 Å². The normalized spacial score (nSPS) is 10.5. The first-order chi connectivity index (χ1) is 16.1. The van der Waals surface area contributed by atoms with Crippen LogP contribution in [0.3, 0.4) is 0 Å². The predicted octanol–water partition coefficient (Wildman–Crippen LogP) is 3.56. The SMILES string of the molecule is COc1ccc(Nc2cc(C)nc(NCCNC(=O)c3cccc(-n4cccn4)c3)n2)cc1. The van der Waals surface area contributed by atoms with E-state index in [0.29, 0.717) is 30.4 Å². The molecule has 0 aliphatic carbocycles. The Hall–Kier alpha value is -4.40. The Balaban J connectivity index is 1.30. The Labute approximate surface area is 191 Å². The molecule has 9 heteroatoms. The summed E-state index contributed by atoms with van der Waals surface area (Å²) >= 11 is 0. The molecule has 168 valence electrons. The number of carbonyl (C=O) groups excluding carboxylic acids is 1. The number of ether oxygens (including phenoxy) is 1. The fourth-order valence-corrected chi connectivity index (χ4v) is 3.20. The summed E-state index contributed by atoms with van der Waals surface area (Å²) in [6.07, 6.45) is 3.53. The fraction of sp³-hybridized carbons (Fsp3) is 0.167. The van der Waals surface area contributed by atoms with Crippen molar-refractivity contribution in [3.63, 3.8) is 0 Å². The molecule has 9 nitrogen and oxygen atoms in total. The minimum Gasteiger partial charge on any atom is -0.497 e. The van der Waals surface area contributed by atoms with Crippen molar-refractivity contribution >= 4 is 23.4 Å². The average molecular weight is 444 g/mol. The summed E-state index contributed by atoms with van der Waals surface area (Å²) in [5.41, 5.74) is 3.11. The number of hydrogen-bond acceptors (Lipinski definition) is 7. The summed E-state index contributed by atoms with van der Waals surface area (Å²) in [5, 5.41) is 13.5. The van der Waals surface area contributed by atoms with Gasteiger partial charge in [0.05, 0.1) is 12.8 Å². The van der Waals surface area contributed by atoms with Gasteiger partial charge in [0.15, 0.2) is 0 Å². The summed E-state index contributed by atoms with van der Waals surface area (Å²) in [7, 11) is 1.63. The molecule has 4 rings (SSSR count). The molecule has 2 heterocycles. The number of anilines is 3. The standard InChI is InChI=1S/C24H25N7O2/c1-17-15-22(29-19-7-9-21(33-2)10-8-19)30-24(28-17)26-13-12-25-23(32)18-5-3-6-20(16-18)31-14-4-11-27-31/h3-11,14-16H,12-13H2,1-2H3,(H,25,32)(H2,26,28,29,30). The van der Waals surface area contributed by atoms with Gasteiger partial charge < -0.3 is 20.7 Å². The molecule has 33 heavy (non-hydrogen) atoms. The zero-order valence-corrected chi connectivity index (χ0v) is 18.4. The van der Waals surface area contributed by atoms with Crippen LogP contribution >= 0.6 is 0 Å². The van der Waals surface area contributed by atoms with E-state index >= 15 is 0 Å². The lowest BCUT2D eigenvalue weighted by molar-refractivity contribution is 0.0955. The molecule has 0 bridgehead atoms. The van der Waals surface area contributed by atoms with Gasteiger partial charge >= 0.3 is 0 Å². The molecule has 3 N–H and O–H groups in total. The molecule has 0 unspecified atom stereocenters. The molecule has 0 saturated heterocycles. The molecule has 0 saturated carbocycles. The third kappa shape index (κ3) is 5.85. The molecule has 0 radical (unpaired) electrons. The monoisotopic (exact) mass is 443 g/mol. The molecule has 1 amide bonds. The van der Waals surface area contributed by atoms with E-state index in [1.165, 1.54) is 0 Å². The van der Waals surface area contributed by atoms with Gasteiger partial charge in [0.2, 0.25) is 5.95 Å². The molecular formula is C24H25N7O2. The number of methoxy groups -OCH3 is 1. The maximum atomic E-state index is 12.5. The fourth-order valence-electron chi connectivity index (χ4n) is 3.20. The Morgan fingerprint density at radius 1 is 1.03 bits per heavy atom. The van der Waals surface area contributed by atoms with Gasteiger partial charge in [0.25, 0.3) is 5.91 Å². The second-order valence-corrected chi connectivity index (χ2v) is 7.26. The quantitative estimate of drug-likeness (QED) is 0.340. The van der Waals surface area contributed by atoms with Crippen molar-refractivity contribution in [3.8, 4) is 11.4 Å². The van der Waals surface area contributed by atoms with Crippen LogP contribution in [0.4, 0.5) is 17.5 Å². The number of nitrogens with zero attached hydrogens (tertiary/aromatic N) is 4. The number of rotatable bonds is 9. The first kappa shape index (κ1) is 21.8. The molecule has 2 aromatic heterocycles. The molecular weight excluding hydrogens is 418 g/mol. The van der Waals surface area contributed by atoms with Crippen molar-refractivity contribution in [1.82, 2.24) is 25.1 Å². The second kappa shape index (κ2) is 10.3. The van der Waals surface area contributed by atoms with Gasteiger partial charge in [-0.05, 0) is 55.5 Å². The van der Waals surface area contributed by atoms with Crippen molar-refractivity contribution < 1.29 is 9.53 Å². The second-order valence-electron chi connectivity index (χ2n) is 7.26. The van der Waals surface area contributed by atoms with Gasteiger partial charge in [0.1, 0.15) is 11.6 Å². The number of hydrogen-bond donors (Lipinski definition) is 3. The van der Waals surface area contributed by atoms with Gasteiger partial charge in [-0.2, -0.15) is 10.1 Å². The highest BCUT2D eigenvalue weighted by Crippen LogP contribution is 2.20. The maximum Gasteiger partial charge on any atom is 0.251 e. The highest BCUT2D eigenvalue weighted by atomic mass is 16.5. The largest absolute Gasteiger partial charge is 0.497 e. The highest BCUT2D eigenvalue weighted by molar-refractivity contribution is 5.94. The van der Waals surface area contributed by atoms with E-state index in [9.17, 15) is 4.79 Å². The van der Waals surface area contributed by atoms with Crippen LogP contribution in [0.15, 0.2) is 73.1 Å². The molecule has 0 aliphatic rings. The lowest BCUT2D eigenvalue weighted by atomic mass is 10.2. The van der Waals surface area contributed by atoms with Crippen LogP contribution in [0.1, 0.15) is 16.1 Å². The minimum absolute atomic E-state index is 0.155. The summed E-state index contributed by atoms with van der Waals surface area (Å²) in [5.74, 6) is 1.80. The Morgan fingerprint density at radius 2 is 1.88 bits per heavy atom. The van der Waals surface area contributed by atoms with Crippen LogP contribution in [0.2, 0.25) is 0 Å². The van der Waals surface area contributed by atoms with E-state index in [0.717, 1.165) is 22.8 Å². The van der Waals surface area contributed by atoms with Crippen molar-refractivity contribution in [2.75, 3.05) is 30.8 Å². The minimum atomic E-state index is -0.155. The number of aromatic nitrogens is 4. The van der Waals surface area contributed by atoms with Crippen molar-refractivity contribution in [1.29, 1.82) is 0 Å². The molecule has 4 aromatic rings. The van der Waals surface area contributed by atoms with Gasteiger partial charge in [0, 0.05) is 48.5 Å². The van der Waals surface area contributed by atoms with Crippen LogP contribution in [0.25, 0.3) is 5.69 Å². The Kier molecular flexibility index (Phi) is 6.79. The van der Waals surface area contributed by atoms with E-state index in [1.807, 2.05) is 61.7 Å². The molecule has 0 atom stereocenters. The van der Waals surface area contributed by atoms with Crippen LogP contribution in [-0.4, -0.2) is 45.9 Å². The van der Waals surface area contributed by atoms with Crippen molar-refractivity contribution in [2.45, 2.75) is 6.92 Å². The Bertz CT molecular complexity index is 1210. The van der Waals surface area contributed by atoms with Gasteiger partial charge in [-0.3, -0.25) is 4.79 Å². The lowest BCUT2D eigenvalue weighted by Crippen LogP contribution is -2.29. The van der Waals surface area contributed by atoms with E-state index in [-0.39, 0.29) is 5.91 Å². The van der Waals surface area contributed by atoms with E-state index < -0.39 is 0 Å². The summed E-state index contributed by atoms with van der Waals surface area (Å²) in [6.45, 7) is 2.81. The van der Waals surface area contributed by atoms with Crippen LogP contribution in [0, 0.1) is 6.92 Å². The summed E-state index contributed by atoms with van der Waals surface area (Å²) in [4.78, 5) is 21.4. The van der Waals surface area contributed by atoms with E-state index in [4.69, 9.17) is 4.74 Å².